The lowest BCUT2D eigenvalue weighted by Crippen LogP contribution is -1.87. The van der Waals surface area contributed by atoms with E-state index in [0.29, 0.717) is 10.0 Å². The lowest BCUT2D eigenvalue weighted by Gasteiger charge is -2.02. The van der Waals surface area contributed by atoms with Crippen molar-refractivity contribution in [3.05, 3.63) is 22.2 Å². The minimum Gasteiger partial charge on any atom is -0.504 e. The predicted octanol–water partition coefficient (Wildman–Crippen LogP) is 1.60. The maximum Gasteiger partial charge on any atom is 0.158 e. The Morgan fingerprint density at radius 1 is 1.33 bits per heavy atom. The van der Waals surface area contributed by atoms with Gasteiger partial charge in [-0.25, -0.2) is 0 Å². The second-order valence-corrected chi connectivity index (χ2v) is 3.16. The number of hydrogen-bond acceptors (Lipinski definition) is 3. The molecule has 1 rings (SSSR count). The van der Waals surface area contributed by atoms with E-state index in [0.717, 1.165) is 6.29 Å². The Labute approximate surface area is 77.8 Å². The molecule has 0 atom stereocenters. The third-order valence-electron chi connectivity index (χ3n) is 1.45. The van der Waals surface area contributed by atoms with Crippen LogP contribution in [0.1, 0.15) is 5.56 Å². The maximum atomic E-state index is 10.2. The first kappa shape index (κ1) is 9.06. The van der Waals surface area contributed by atoms with Gasteiger partial charge in [0.25, 0.3) is 0 Å². The number of phenols is 2. The van der Waals surface area contributed by atoms with Crippen LogP contribution in [0.4, 0.5) is 0 Å². The molecule has 12 heavy (non-hydrogen) atoms. The van der Waals surface area contributed by atoms with Crippen molar-refractivity contribution >= 4 is 22.2 Å². The fraction of sp³-hybridized carbons (Fsp3) is 0.125. The fourth-order valence-corrected chi connectivity index (χ4v) is 1.33. The first-order valence-electron chi connectivity index (χ1n) is 3.29. The van der Waals surface area contributed by atoms with Gasteiger partial charge in [-0.15, -0.1) is 0 Å². The van der Waals surface area contributed by atoms with Crippen molar-refractivity contribution in [2.75, 3.05) is 0 Å². The van der Waals surface area contributed by atoms with Crippen LogP contribution in [0.25, 0.3) is 0 Å². The lowest BCUT2D eigenvalue weighted by molar-refractivity contribution is -0.107. The largest absolute Gasteiger partial charge is 0.504 e. The molecule has 2 N–H and O–H groups in total. The van der Waals surface area contributed by atoms with E-state index in [4.69, 9.17) is 10.2 Å². The minimum atomic E-state index is -0.213. The molecular formula is C8H7BrO3. The van der Waals surface area contributed by atoms with Crippen molar-refractivity contribution in [3.63, 3.8) is 0 Å². The Balaban J connectivity index is 3.13. The van der Waals surface area contributed by atoms with E-state index in [9.17, 15) is 4.79 Å². The molecule has 0 unspecified atom stereocenters. The van der Waals surface area contributed by atoms with E-state index in [2.05, 4.69) is 15.9 Å². The molecule has 0 amide bonds. The molecule has 0 bridgehead atoms. The third kappa shape index (κ3) is 1.76. The number of aromatic hydroxyl groups is 2. The van der Waals surface area contributed by atoms with Gasteiger partial charge in [0.15, 0.2) is 11.5 Å². The number of phenolic OH excluding ortho intramolecular Hbond substituents is 2. The first-order valence-corrected chi connectivity index (χ1v) is 4.08. The zero-order chi connectivity index (χ0) is 9.14. The van der Waals surface area contributed by atoms with E-state index < -0.39 is 0 Å². The van der Waals surface area contributed by atoms with Crippen molar-refractivity contribution in [3.8, 4) is 11.5 Å². The number of rotatable bonds is 2. The van der Waals surface area contributed by atoms with Crippen LogP contribution in [0.5, 0.6) is 11.5 Å². The molecule has 0 aliphatic rings. The Kier molecular flexibility index (Phi) is 2.70. The van der Waals surface area contributed by atoms with Crippen LogP contribution in [0.15, 0.2) is 16.6 Å². The van der Waals surface area contributed by atoms with Crippen LogP contribution in [-0.4, -0.2) is 16.5 Å². The van der Waals surface area contributed by atoms with Crippen molar-refractivity contribution < 1.29 is 15.0 Å². The zero-order valence-electron chi connectivity index (χ0n) is 6.12. The van der Waals surface area contributed by atoms with Crippen molar-refractivity contribution in [2.45, 2.75) is 6.42 Å². The number of hydrogen-bond donors (Lipinski definition) is 2. The molecule has 0 aliphatic heterocycles. The molecule has 0 saturated carbocycles. The van der Waals surface area contributed by atoms with E-state index in [1.165, 1.54) is 12.1 Å². The summed E-state index contributed by atoms with van der Waals surface area (Å²) in [4.78, 5) is 10.2. The summed E-state index contributed by atoms with van der Waals surface area (Å²) in [5, 5.41) is 18.1. The van der Waals surface area contributed by atoms with Crippen molar-refractivity contribution in [1.82, 2.24) is 0 Å². The summed E-state index contributed by atoms with van der Waals surface area (Å²) in [5.74, 6) is -0.411. The normalized spacial score (nSPS) is 9.75. The van der Waals surface area contributed by atoms with Crippen molar-refractivity contribution in [2.24, 2.45) is 0 Å². The van der Waals surface area contributed by atoms with E-state index in [1.54, 1.807) is 0 Å². The average Bonchev–Trinajstić information content (AvgIpc) is 2.01. The van der Waals surface area contributed by atoms with Gasteiger partial charge >= 0.3 is 0 Å². The van der Waals surface area contributed by atoms with Crippen molar-refractivity contribution in [1.29, 1.82) is 0 Å². The first-order chi connectivity index (χ1) is 5.65. The summed E-state index contributed by atoms with van der Waals surface area (Å²) < 4.78 is 0.616. The minimum absolute atomic E-state index is 0.198. The second-order valence-electron chi connectivity index (χ2n) is 2.30. The summed E-state index contributed by atoms with van der Waals surface area (Å²) in [6, 6.07) is 2.71. The van der Waals surface area contributed by atoms with Crippen LogP contribution in [0.2, 0.25) is 0 Å². The highest BCUT2D eigenvalue weighted by molar-refractivity contribution is 9.10. The Morgan fingerprint density at radius 3 is 2.50 bits per heavy atom. The maximum absolute atomic E-state index is 10.2. The van der Waals surface area contributed by atoms with E-state index in [1.807, 2.05) is 0 Å². The molecule has 0 fully saturated rings. The second kappa shape index (κ2) is 3.58. The van der Waals surface area contributed by atoms with E-state index >= 15 is 0 Å². The molecule has 0 saturated heterocycles. The van der Waals surface area contributed by atoms with Gasteiger partial charge in [0.2, 0.25) is 0 Å². The molecule has 0 heterocycles. The summed E-state index contributed by atoms with van der Waals surface area (Å²) in [5.41, 5.74) is 0.653. The molecule has 0 aromatic heterocycles. The van der Waals surface area contributed by atoms with Gasteiger partial charge in [0.1, 0.15) is 6.29 Å². The molecule has 3 nitrogen and oxygen atoms in total. The van der Waals surface area contributed by atoms with Gasteiger partial charge in [0, 0.05) is 10.9 Å². The molecule has 0 spiro atoms. The molecule has 0 radical (unpaired) electrons. The van der Waals surface area contributed by atoms with Crippen LogP contribution in [0, 0.1) is 0 Å². The highest BCUT2D eigenvalue weighted by Gasteiger charge is 2.05. The smallest absolute Gasteiger partial charge is 0.158 e. The van der Waals surface area contributed by atoms with Gasteiger partial charge in [-0.1, -0.05) is 15.9 Å². The molecule has 1 aromatic carbocycles. The van der Waals surface area contributed by atoms with Crippen LogP contribution >= 0.6 is 15.9 Å². The SMILES string of the molecule is O=CCc1cc(O)c(O)cc1Br. The highest BCUT2D eigenvalue weighted by Crippen LogP contribution is 2.31. The zero-order valence-corrected chi connectivity index (χ0v) is 7.71. The van der Waals surface area contributed by atoms with Crippen LogP contribution in [0.3, 0.4) is 0 Å². The fourth-order valence-electron chi connectivity index (χ4n) is 0.841. The summed E-state index contributed by atoms with van der Waals surface area (Å²) in [7, 11) is 0. The van der Waals surface area contributed by atoms with Gasteiger partial charge in [0.05, 0.1) is 0 Å². The average molecular weight is 231 g/mol. The van der Waals surface area contributed by atoms with E-state index in [-0.39, 0.29) is 17.9 Å². The molecule has 64 valence electrons. The molecular weight excluding hydrogens is 224 g/mol. The number of carbonyl (C=O) groups excluding carboxylic acids is 1. The predicted molar refractivity (Wildman–Crippen MR) is 47.2 cm³/mol. The monoisotopic (exact) mass is 230 g/mol. The van der Waals surface area contributed by atoms with Gasteiger partial charge < -0.3 is 15.0 Å². The topological polar surface area (TPSA) is 57.5 Å². The highest BCUT2D eigenvalue weighted by atomic mass is 79.9. The number of carbonyl (C=O) groups is 1. The van der Waals surface area contributed by atoms with Gasteiger partial charge in [-0.2, -0.15) is 0 Å². The number of halogens is 1. The Morgan fingerprint density at radius 2 is 1.92 bits per heavy atom. The number of aldehydes is 1. The summed E-state index contributed by atoms with van der Waals surface area (Å²) in [6.45, 7) is 0. The standard InChI is InChI=1S/C8H7BrO3/c9-6-4-8(12)7(11)3-5(6)1-2-10/h2-4,11-12H,1H2. The van der Waals surface area contributed by atoms with Gasteiger partial charge in [-0.05, 0) is 17.7 Å². The molecule has 0 aliphatic carbocycles. The molecule has 1 aromatic rings. The molecule has 4 heteroatoms. The quantitative estimate of drug-likeness (QED) is 0.600. The summed E-state index contributed by atoms with van der Waals surface area (Å²) >= 11 is 3.15. The van der Waals surface area contributed by atoms with Crippen LogP contribution < -0.4 is 0 Å². The third-order valence-corrected chi connectivity index (χ3v) is 2.19. The number of benzene rings is 1. The lowest BCUT2D eigenvalue weighted by atomic mass is 10.1. The summed E-state index contributed by atoms with van der Waals surface area (Å²) in [6.07, 6.45) is 0.949. The van der Waals surface area contributed by atoms with Crippen LogP contribution in [-0.2, 0) is 11.2 Å². The Bertz CT molecular complexity index is 309. The Hall–Kier alpha value is -1.03. The van der Waals surface area contributed by atoms with Gasteiger partial charge in [-0.3, -0.25) is 0 Å².